The highest BCUT2D eigenvalue weighted by Gasteiger charge is 2.36. The molecule has 0 saturated heterocycles. The van der Waals surface area contributed by atoms with Gasteiger partial charge < -0.3 is 14.5 Å². The van der Waals surface area contributed by atoms with Crippen molar-refractivity contribution in [2.75, 3.05) is 0 Å². The van der Waals surface area contributed by atoms with Crippen LogP contribution in [-0.2, 0) is 17.8 Å². The second-order valence-electron chi connectivity index (χ2n) is 7.78. The molecule has 1 aromatic carbocycles. The molecule has 0 unspecified atom stereocenters. The second kappa shape index (κ2) is 5.34. The number of nitrogens with one attached hydrogen (secondary N) is 1. The first-order valence-electron chi connectivity index (χ1n) is 9.05. The van der Waals surface area contributed by atoms with Crippen LogP contribution in [0.2, 0.25) is 0 Å². The van der Waals surface area contributed by atoms with Gasteiger partial charge in [-0.2, -0.15) is 0 Å². The Morgan fingerprint density at radius 3 is 3.00 bits per heavy atom. The standard InChI is InChI=1S/C21H21N3O2/c1-21(2)11-13-6-5-7-14(20(13)26-21)15-10-18(25)22-12-16-19(15)24-9-4-3-8-17(24)23-16/h3-9,15H,10-12H2,1-2H3,(H,22,25)/t15-/m1/s1. The molecule has 3 aromatic rings. The summed E-state index contributed by atoms with van der Waals surface area (Å²) in [7, 11) is 0. The summed E-state index contributed by atoms with van der Waals surface area (Å²) in [5.41, 5.74) is 5.01. The quantitative estimate of drug-likeness (QED) is 0.735. The molecule has 5 rings (SSSR count). The summed E-state index contributed by atoms with van der Waals surface area (Å²) in [5.74, 6) is 0.912. The normalized spacial score (nSPS) is 20.8. The van der Waals surface area contributed by atoms with Gasteiger partial charge in [0.1, 0.15) is 17.0 Å². The van der Waals surface area contributed by atoms with E-state index in [1.807, 2.05) is 24.4 Å². The van der Waals surface area contributed by atoms with Crippen LogP contribution in [0.15, 0.2) is 42.6 Å². The minimum atomic E-state index is -0.215. The Morgan fingerprint density at radius 1 is 1.23 bits per heavy atom. The van der Waals surface area contributed by atoms with Crippen molar-refractivity contribution in [3.8, 4) is 5.75 Å². The molecule has 0 bridgehead atoms. The van der Waals surface area contributed by atoms with Crippen LogP contribution in [0.4, 0.5) is 0 Å². The molecule has 1 N–H and O–H groups in total. The number of amides is 1. The number of ether oxygens (including phenoxy) is 1. The van der Waals surface area contributed by atoms with Crippen LogP contribution < -0.4 is 10.1 Å². The molecule has 1 atom stereocenters. The lowest BCUT2D eigenvalue weighted by atomic mass is 9.89. The highest BCUT2D eigenvalue weighted by atomic mass is 16.5. The molecule has 2 aliphatic rings. The second-order valence-corrected chi connectivity index (χ2v) is 7.78. The zero-order valence-electron chi connectivity index (χ0n) is 15.0. The molecule has 132 valence electrons. The van der Waals surface area contributed by atoms with Crippen LogP contribution in [0.3, 0.4) is 0 Å². The number of pyridine rings is 1. The third-order valence-electron chi connectivity index (χ3n) is 5.31. The lowest BCUT2D eigenvalue weighted by molar-refractivity contribution is -0.121. The van der Waals surface area contributed by atoms with Crippen LogP contribution in [0.5, 0.6) is 5.75 Å². The van der Waals surface area contributed by atoms with E-state index in [1.54, 1.807) is 0 Å². The maximum atomic E-state index is 12.4. The first kappa shape index (κ1) is 15.4. The van der Waals surface area contributed by atoms with E-state index in [2.05, 4.69) is 41.8 Å². The van der Waals surface area contributed by atoms with Gasteiger partial charge in [0.05, 0.1) is 17.9 Å². The lowest BCUT2D eigenvalue weighted by Gasteiger charge is -2.21. The van der Waals surface area contributed by atoms with Gasteiger partial charge in [-0.1, -0.05) is 24.3 Å². The van der Waals surface area contributed by atoms with Gasteiger partial charge in [-0.3, -0.25) is 4.79 Å². The van der Waals surface area contributed by atoms with Gasteiger partial charge in [-0.25, -0.2) is 4.98 Å². The zero-order chi connectivity index (χ0) is 17.9. The van der Waals surface area contributed by atoms with Gasteiger partial charge in [0, 0.05) is 30.5 Å². The minimum absolute atomic E-state index is 0.0486. The average Bonchev–Trinajstić information content (AvgIpc) is 3.08. The molecule has 5 nitrogen and oxygen atoms in total. The fourth-order valence-electron chi connectivity index (χ4n) is 4.27. The van der Waals surface area contributed by atoms with Crippen molar-refractivity contribution in [3.05, 3.63) is 65.1 Å². The zero-order valence-corrected chi connectivity index (χ0v) is 15.0. The lowest BCUT2D eigenvalue weighted by Crippen LogP contribution is -2.25. The fraction of sp³-hybridized carbons (Fsp3) is 0.333. The molecular formula is C21H21N3O2. The van der Waals surface area contributed by atoms with E-state index in [-0.39, 0.29) is 17.4 Å². The fourth-order valence-corrected chi connectivity index (χ4v) is 4.27. The molecule has 4 heterocycles. The van der Waals surface area contributed by atoms with Crippen LogP contribution in [-0.4, -0.2) is 20.9 Å². The van der Waals surface area contributed by atoms with Crippen molar-refractivity contribution in [2.45, 2.75) is 44.8 Å². The van der Waals surface area contributed by atoms with Crippen LogP contribution in [0.25, 0.3) is 5.65 Å². The molecule has 0 spiro atoms. The van der Waals surface area contributed by atoms with Crippen LogP contribution in [0, 0.1) is 0 Å². The third kappa shape index (κ3) is 2.30. The van der Waals surface area contributed by atoms with E-state index in [0.29, 0.717) is 13.0 Å². The number of imidazole rings is 1. The van der Waals surface area contributed by atoms with Crippen LogP contribution in [0.1, 0.15) is 48.7 Å². The van der Waals surface area contributed by atoms with E-state index >= 15 is 0 Å². The number of carbonyl (C=O) groups excluding carboxylic acids is 1. The molecule has 2 aliphatic heterocycles. The van der Waals surface area contributed by atoms with E-state index in [1.165, 1.54) is 5.56 Å². The number of para-hydroxylation sites is 1. The predicted molar refractivity (Wildman–Crippen MR) is 98.4 cm³/mol. The molecule has 1 amide bonds. The average molecular weight is 347 g/mol. The van der Waals surface area contributed by atoms with E-state index in [0.717, 1.165) is 34.8 Å². The maximum absolute atomic E-state index is 12.4. The molecule has 0 fully saturated rings. The summed E-state index contributed by atoms with van der Waals surface area (Å²) >= 11 is 0. The molecule has 0 radical (unpaired) electrons. The summed E-state index contributed by atoms with van der Waals surface area (Å²) in [5, 5.41) is 2.99. The first-order valence-corrected chi connectivity index (χ1v) is 9.05. The van der Waals surface area contributed by atoms with Crippen molar-refractivity contribution in [1.82, 2.24) is 14.7 Å². The Kier molecular flexibility index (Phi) is 3.17. The van der Waals surface area contributed by atoms with Crippen molar-refractivity contribution >= 4 is 11.6 Å². The largest absolute Gasteiger partial charge is 0.487 e. The highest BCUT2D eigenvalue weighted by Crippen LogP contribution is 2.44. The van der Waals surface area contributed by atoms with Crippen molar-refractivity contribution in [2.24, 2.45) is 0 Å². The Morgan fingerprint density at radius 2 is 2.12 bits per heavy atom. The number of rotatable bonds is 1. The number of carbonyl (C=O) groups is 1. The molecule has 0 saturated carbocycles. The SMILES string of the molecule is CC1(C)Cc2cccc([C@H]3CC(=O)NCc4nc5ccccn5c43)c2O1. The topological polar surface area (TPSA) is 55.6 Å². The molecular weight excluding hydrogens is 326 g/mol. The van der Waals surface area contributed by atoms with Gasteiger partial charge in [-0.15, -0.1) is 0 Å². The molecule has 2 aromatic heterocycles. The molecule has 0 aliphatic carbocycles. The summed E-state index contributed by atoms with van der Waals surface area (Å²) in [4.78, 5) is 17.2. The summed E-state index contributed by atoms with van der Waals surface area (Å²) < 4.78 is 8.41. The maximum Gasteiger partial charge on any atom is 0.221 e. The number of benzene rings is 1. The van der Waals surface area contributed by atoms with Crippen LogP contribution >= 0.6 is 0 Å². The molecule has 26 heavy (non-hydrogen) atoms. The number of aromatic nitrogens is 2. The van der Waals surface area contributed by atoms with Gasteiger partial charge in [0.2, 0.25) is 5.91 Å². The van der Waals surface area contributed by atoms with Crippen molar-refractivity contribution in [1.29, 1.82) is 0 Å². The van der Waals surface area contributed by atoms with E-state index < -0.39 is 0 Å². The highest BCUT2D eigenvalue weighted by molar-refractivity contribution is 5.79. The van der Waals surface area contributed by atoms with E-state index in [4.69, 9.17) is 9.72 Å². The Bertz CT molecular complexity index is 1030. The number of fused-ring (bicyclic) bond motifs is 4. The minimum Gasteiger partial charge on any atom is -0.487 e. The van der Waals surface area contributed by atoms with Crippen molar-refractivity contribution < 1.29 is 9.53 Å². The Labute approximate surface area is 152 Å². The monoisotopic (exact) mass is 347 g/mol. The Hall–Kier alpha value is -2.82. The predicted octanol–water partition coefficient (Wildman–Crippen LogP) is 3.20. The summed E-state index contributed by atoms with van der Waals surface area (Å²) in [6, 6.07) is 12.3. The first-order chi connectivity index (χ1) is 12.5. The smallest absolute Gasteiger partial charge is 0.221 e. The van der Waals surface area contributed by atoms with E-state index in [9.17, 15) is 4.79 Å². The van der Waals surface area contributed by atoms with Gasteiger partial charge in [-0.05, 0) is 31.5 Å². The third-order valence-corrected chi connectivity index (χ3v) is 5.31. The summed E-state index contributed by atoms with van der Waals surface area (Å²) in [6.07, 6.45) is 3.31. The van der Waals surface area contributed by atoms with Crippen molar-refractivity contribution in [3.63, 3.8) is 0 Å². The number of nitrogens with zero attached hydrogens (tertiary/aromatic N) is 2. The molecule has 5 heteroatoms. The number of hydrogen-bond donors (Lipinski definition) is 1. The van der Waals surface area contributed by atoms with Gasteiger partial charge >= 0.3 is 0 Å². The number of hydrogen-bond acceptors (Lipinski definition) is 3. The van der Waals surface area contributed by atoms with Gasteiger partial charge in [0.25, 0.3) is 0 Å². The Balaban J connectivity index is 1.73. The summed E-state index contributed by atoms with van der Waals surface area (Å²) in [6.45, 7) is 4.68. The van der Waals surface area contributed by atoms with Gasteiger partial charge in [0.15, 0.2) is 0 Å².